The van der Waals surface area contributed by atoms with E-state index in [2.05, 4.69) is 38.3 Å². The summed E-state index contributed by atoms with van der Waals surface area (Å²) < 4.78 is 5.81. The summed E-state index contributed by atoms with van der Waals surface area (Å²) >= 11 is 0. The van der Waals surface area contributed by atoms with E-state index >= 15 is 0 Å². The average Bonchev–Trinajstić information content (AvgIpc) is 2.36. The van der Waals surface area contributed by atoms with Gasteiger partial charge in [0.1, 0.15) is 5.75 Å². The van der Waals surface area contributed by atoms with Crippen molar-refractivity contribution >= 4 is 6.03 Å². The van der Waals surface area contributed by atoms with Gasteiger partial charge in [-0.3, -0.25) is 0 Å². The Kier molecular flexibility index (Phi) is 6.36. The van der Waals surface area contributed by atoms with Crippen molar-refractivity contribution in [3.05, 3.63) is 29.8 Å². The van der Waals surface area contributed by atoms with Crippen LogP contribution in [0.4, 0.5) is 4.79 Å². The predicted molar refractivity (Wildman–Crippen MR) is 82.0 cm³/mol. The second kappa shape index (κ2) is 7.78. The van der Waals surface area contributed by atoms with E-state index in [1.807, 2.05) is 31.2 Å². The van der Waals surface area contributed by atoms with Crippen LogP contribution in [0.3, 0.4) is 0 Å². The smallest absolute Gasteiger partial charge is 0.317 e. The van der Waals surface area contributed by atoms with Gasteiger partial charge in [-0.1, -0.05) is 45.9 Å². The molecule has 4 nitrogen and oxygen atoms in total. The van der Waals surface area contributed by atoms with Crippen LogP contribution >= 0.6 is 0 Å². The van der Waals surface area contributed by atoms with Crippen LogP contribution in [0, 0.1) is 5.92 Å². The summed E-state index contributed by atoms with van der Waals surface area (Å²) in [4.78, 5) is 11.7. The molecule has 0 bridgehead atoms. The number of nitrogens with one attached hydrogen (secondary N) is 2. The monoisotopic (exact) mass is 278 g/mol. The molecule has 0 saturated heterocycles. The first-order valence-electron chi connectivity index (χ1n) is 7.20. The van der Waals surface area contributed by atoms with Gasteiger partial charge in [0.15, 0.2) is 6.23 Å². The third-order valence-electron chi connectivity index (χ3n) is 2.85. The highest BCUT2D eigenvalue weighted by Gasteiger charge is 2.12. The molecule has 0 aliphatic heterocycles. The highest BCUT2D eigenvalue weighted by molar-refractivity contribution is 5.73. The van der Waals surface area contributed by atoms with Crippen LogP contribution in [0.5, 0.6) is 5.75 Å². The number of urea groups is 1. The highest BCUT2D eigenvalue weighted by Crippen LogP contribution is 2.26. The fraction of sp³-hybridized carbons (Fsp3) is 0.562. The number of ether oxygens (including phenoxy) is 1. The Morgan fingerprint density at radius 1 is 1.15 bits per heavy atom. The standard InChI is InChI=1S/C16H26N2O2/c1-11(2)10-17-16(19)18-13(5)20-15-9-7-6-8-14(15)12(3)4/h6-9,11-13H,10H2,1-5H3,(H2,17,18,19). The summed E-state index contributed by atoms with van der Waals surface area (Å²) in [5, 5.41) is 5.58. The number of para-hydroxylation sites is 1. The van der Waals surface area contributed by atoms with E-state index in [9.17, 15) is 4.79 Å². The normalized spacial score (nSPS) is 12.3. The number of benzene rings is 1. The van der Waals surface area contributed by atoms with Crippen molar-refractivity contribution in [3.63, 3.8) is 0 Å². The number of hydrogen-bond acceptors (Lipinski definition) is 2. The Balaban J connectivity index is 2.54. The van der Waals surface area contributed by atoms with Crippen LogP contribution in [0.15, 0.2) is 24.3 Å². The first-order chi connectivity index (χ1) is 9.40. The Bertz CT molecular complexity index is 430. The van der Waals surface area contributed by atoms with Crippen LogP contribution in [-0.4, -0.2) is 18.8 Å². The molecule has 1 rings (SSSR count). The fourth-order valence-corrected chi connectivity index (χ4v) is 1.82. The third-order valence-corrected chi connectivity index (χ3v) is 2.85. The van der Waals surface area contributed by atoms with Gasteiger partial charge in [0, 0.05) is 6.54 Å². The Morgan fingerprint density at radius 3 is 2.40 bits per heavy atom. The molecule has 1 aromatic carbocycles. The quantitative estimate of drug-likeness (QED) is 0.783. The van der Waals surface area contributed by atoms with Crippen LogP contribution in [0.2, 0.25) is 0 Å². The summed E-state index contributed by atoms with van der Waals surface area (Å²) in [5.74, 6) is 1.63. The molecule has 1 atom stereocenters. The summed E-state index contributed by atoms with van der Waals surface area (Å²) in [6, 6.07) is 7.71. The zero-order valence-corrected chi connectivity index (χ0v) is 13.1. The number of hydrogen-bond donors (Lipinski definition) is 2. The van der Waals surface area contributed by atoms with Gasteiger partial charge in [0.05, 0.1) is 0 Å². The largest absolute Gasteiger partial charge is 0.471 e. The lowest BCUT2D eigenvalue weighted by molar-refractivity contribution is 0.175. The first kappa shape index (κ1) is 16.3. The average molecular weight is 278 g/mol. The van der Waals surface area contributed by atoms with Crippen LogP contribution < -0.4 is 15.4 Å². The van der Waals surface area contributed by atoms with Gasteiger partial charge in [-0.05, 0) is 30.4 Å². The molecule has 0 aliphatic rings. The van der Waals surface area contributed by atoms with Gasteiger partial charge in [-0.25, -0.2) is 4.79 Å². The molecule has 1 aromatic rings. The minimum absolute atomic E-state index is 0.201. The maximum atomic E-state index is 11.7. The molecular formula is C16H26N2O2. The van der Waals surface area contributed by atoms with E-state index in [-0.39, 0.29) is 12.3 Å². The number of amides is 2. The van der Waals surface area contributed by atoms with E-state index in [0.717, 1.165) is 11.3 Å². The topological polar surface area (TPSA) is 50.4 Å². The molecule has 0 saturated carbocycles. The SMILES string of the molecule is CC(C)CNC(=O)NC(C)Oc1ccccc1C(C)C. The van der Waals surface area contributed by atoms with E-state index in [1.165, 1.54) is 0 Å². The molecular weight excluding hydrogens is 252 g/mol. The van der Waals surface area contributed by atoms with Crippen LogP contribution in [0.1, 0.15) is 46.1 Å². The van der Waals surface area contributed by atoms with E-state index in [1.54, 1.807) is 0 Å². The van der Waals surface area contributed by atoms with Crippen LogP contribution in [0.25, 0.3) is 0 Å². The van der Waals surface area contributed by atoms with E-state index in [4.69, 9.17) is 4.74 Å². The minimum atomic E-state index is -0.373. The van der Waals surface area contributed by atoms with Crippen molar-refractivity contribution in [1.82, 2.24) is 10.6 Å². The number of rotatable bonds is 6. The second-order valence-corrected chi connectivity index (χ2v) is 5.70. The molecule has 0 spiro atoms. The lowest BCUT2D eigenvalue weighted by Crippen LogP contribution is -2.44. The Hall–Kier alpha value is -1.71. The zero-order chi connectivity index (χ0) is 15.1. The maximum absolute atomic E-state index is 11.7. The summed E-state index contributed by atoms with van der Waals surface area (Å²) in [6.07, 6.45) is -0.373. The molecule has 4 heteroatoms. The predicted octanol–water partition coefficient (Wildman–Crippen LogP) is 3.49. The number of carbonyl (C=O) groups excluding carboxylic acids is 1. The molecule has 2 amide bonds. The van der Waals surface area contributed by atoms with Crippen molar-refractivity contribution in [3.8, 4) is 5.75 Å². The van der Waals surface area contributed by atoms with Crippen molar-refractivity contribution < 1.29 is 9.53 Å². The van der Waals surface area contributed by atoms with Crippen molar-refractivity contribution in [2.45, 2.75) is 46.8 Å². The first-order valence-corrected chi connectivity index (χ1v) is 7.20. The molecule has 20 heavy (non-hydrogen) atoms. The van der Waals surface area contributed by atoms with E-state index in [0.29, 0.717) is 18.4 Å². The van der Waals surface area contributed by atoms with Gasteiger partial charge in [0.25, 0.3) is 0 Å². The lowest BCUT2D eigenvalue weighted by atomic mass is 10.0. The van der Waals surface area contributed by atoms with E-state index < -0.39 is 0 Å². The molecule has 2 N–H and O–H groups in total. The number of carbonyl (C=O) groups is 1. The molecule has 0 aliphatic carbocycles. The maximum Gasteiger partial charge on any atom is 0.317 e. The van der Waals surface area contributed by atoms with Gasteiger partial charge in [0.2, 0.25) is 0 Å². The molecule has 0 radical (unpaired) electrons. The van der Waals surface area contributed by atoms with Gasteiger partial charge in [-0.15, -0.1) is 0 Å². The summed E-state index contributed by atoms with van der Waals surface area (Å²) in [7, 11) is 0. The molecule has 1 unspecified atom stereocenters. The van der Waals surface area contributed by atoms with Crippen molar-refractivity contribution in [2.24, 2.45) is 5.92 Å². The lowest BCUT2D eigenvalue weighted by Gasteiger charge is -2.20. The second-order valence-electron chi connectivity index (χ2n) is 5.70. The Morgan fingerprint density at radius 2 is 1.80 bits per heavy atom. The highest BCUT2D eigenvalue weighted by atomic mass is 16.5. The fourth-order valence-electron chi connectivity index (χ4n) is 1.82. The van der Waals surface area contributed by atoms with Crippen molar-refractivity contribution in [2.75, 3.05) is 6.54 Å². The van der Waals surface area contributed by atoms with Gasteiger partial charge in [-0.2, -0.15) is 0 Å². The third kappa shape index (κ3) is 5.51. The molecule has 0 heterocycles. The van der Waals surface area contributed by atoms with Gasteiger partial charge < -0.3 is 15.4 Å². The molecule has 0 fully saturated rings. The summed E-state index contributed by atoms with van der Waals surface area (Å²) in [5.41, 5.74) is 1.14. The Labute approximate surface area is 121 Å². The summed E-state index contributed by atoms with van der Waals surface area (Å²) in [6.45, 7) is 10.8. The molecule has 0 aromatic heterocycles. The minimum Gasteiger partial charge on any atom is -0.471 e. The zero-order valence-electron chi connectivity index (χ0n) is 13.1. The molecule has 112 valence electrons. The van der Waals surface area contributed by atoms with Gasteiger partial charge >= 0.3 is 6.03 Å². The van der Waals surface area contributed by atoms with Crippen molar-refractivity contribution in [1.29, 1.82) is 0 Å². The van der Waals surface area contributed by atoms with Crippen LogP contribution in [-0.2, 0) is 0 Å².